The molecule has 0 saturated carbocycles. The molecule has 3 aromatic heterocycles. The van der Waals surface area contributed by atoms with Crippen molar-refractivity contribution >= 4 is 21.9 Å². The first-order valence-corrected chi connectivity index (χ1v) is 6.73. The highest BCUT2D eigenvalue weighted by atomic mass is 16.5. The number of hydrogen-bond donors (Lipinski definition) is 0. The fourth-order valence-corrected chi connectivity index (χ4v) is 2.68. The predicted molar refractivity (Wildman–Crippen MR) is 82.9 cm³/mol. The Morgan fingerprint density at radius 3 is 2.67 bits per heavy atom. The van der Waals surface area contributed by atoms with Crippen LogP contribution in [0, 0.1) is 0 Å². The second-order valence-electron chi connectivity index (χ2n) is 4.78. The molecule has 102 valence electrons. The van der Waals surface area contributed by atoms with Gasteiger partial charge in [-0.25, -0.2) is 9.97 Å². The summed E-state index contributed by atoms with van der Waals surface area (Å²) in [5.74, 6) is 1.58. The molecule has 0 radical (unpaired) electrons. The predicted octanol–water partition coefficient (Wildman–Crippen LogP) is 3.58. The highest BCUT2D eigenvalue weighted by Crippen LogP contribution is 2.30. The molecule has 21 heavy (non-hydrogen) atoms. The third-order valence-corrected chi connectivity index (χ3v) is 3.62. The van der Waals surface area contributed by atoms with Crippen LogP contribution in [0.4, 0.5) is 0 Å². The van der Waals surface area contributed by atoms with Crippen molar-refractivity contribution in [2.75, 3.05) is 7.11 Å². The Hall–Kier alpha value is -2.88. The third kappa shape index (κ3) is 1.76. The van der Waals surface area contributed by atoms with Crippen molar-refractivity contribution in [1.82, 2.24) is 14.5 Å². The van der Waals surface area contributed by atoms with E-state index in [1.165, 1.54) is 5.39 Å². The Morgan fingerprint density at radius 2 is 1.76 bits per heavy atom. The minimum atomic E-state index is 0.780. The van der Waals surface area contributed by atoms with Gasteiger partial charge in [0.25, 0.3) is 0 Å². The molecule has 0 amide bonds. The smallest absolute Gasteiger partial charge is 0.146 e. The molecule has 0 spiro atoms. The Labute approximate surface area is 121 Å². The topological polar surface area (TPSA) is 39.9 Å². The van der Waals surface area contributed by atoms with Gasteiger partial charge in [-0.15, -0.1) is 0 Å². The monoisotopic (exact) mass is 275 g/mol. The summed E-state index contributed by atoms with van der Waals surface area (Å²) in [6.45, 7) is 0. The summed E-state index contributed by atoms with van der Waals surface area (Å²) in [5, 5.41) is 2.29. The molecule has 0 bridgehead atoms. The van der Waals surface area contributed by atoms with Crippen LogP contribution in [0.15, 0.2) is 60.9 Å². The van der Waals surface area contributed by atoms with Gasteiger partial charge in [0.1, 0.15) is 17.2 Å². The van der Waals surface area contributed by atoms with Crippen molar-refractivity contribution in [1.29, 1.82) is 0 Å². The largest absolute Gasteiger partial charge is 0.497 e. The molecular formula is C17H13N3O. The lowest BCUT2D eigenvalue weighted by atomic mass is 10.2. The number of rotatable bonds is 2. The van der Waals surface area contributed by atoms with Gasteiger partial charge in [-0.2, -0.15) is 0 Å². The van der Waals surface area contributed by atoms with E-state index in [2.05, 4.69) is 32.7 Å². The van der Waals surface area contributed by atoms with E-state index in [0.717, 1.165) is 28.1 Å². The van der Waals surface area contributed by atoms with Gasteiger partial charge in [-0.1, -0.05) is 18.2 Å². The zero-order chi connectivity index (χ0) is 14.2. The molecule has 0 aliphatic heterocycles. The molecule has 3 heterocycles. The van der Waals surface area contributed by atoms with Crippen molar-refractivity contribution < 1.29 is 4.74 Å². The Morgan fingerprint density at radius 1 is 0.905 bits per heavy atom. The van der Waals surface area contributed by atoms with Crippen LogP contribution < -0.4 is 4.74 Å². The van der Waals surface area contributed by atoms with Crippen LogP contribution in [0.1, 0.15) is 0 Å². The lowest BCUT2D eigenvalue weighted by molar-refractivity contribution is 0.414. The molecule has 0 atom stereocenters. The molecule has 4 aromatic rings. The summed E-state index contributed by atoms with van der Waals surface area (Å²) in [7, 11) is 1.66. The Kier molecular flexibility index (Phi) is 2.60. The zero-order valence-electron chi connectivity index (χ0n) is 11.5. The standard InChI is InChI=1S/C17H13N3O/c1-21-12-8-10-18-16(11-12)20-15-7-3-2-5-13(15)14-6-4-9-19-17(14)20/h2-11H,1H3. The second kappa shape index (κ2) is 4.59. The van der Waals surface area contributed by atoms with Crippen LogP contribution in [-0.2, 0) is 0 Å². The highest BCUT2D eigenvalue weighted by molar-refractivity contribution is 6.07. The van der Waals surface area contributed by atoms with E-state index in [-0.39, 0.29) is 0 Å². The van der Waals surface area contributed by atoms with Crippen LogP contribution in [0.5, 0.6) is 5.75 Å². The summed E-state index contributed by atoms with van der Waals surface area (Å²) in [6.07, 6.45) is 3.55. The van der Waals surface area contributed by atoms with Crippen LogP contribution in [0.25, 0.3) is 27.8 Å². The number of fused-ring (bicyclic) bond motifs is 3. The van der Waals surface area contributed by atoms with Gasteiger partial charge in [-0.3, -0.25) is 4.57 Å². The minimum absolute atomic E-state index is 0.780. The summed E-state index contributed by atoms with van der Waals surface area (Å²) in [6, 6.07) is 16.1. The van der Waals surface area contributed by atoms with E-state index in [9.17, 15) is 0 Å². The quantitative estimate of drug-likeness (QED) is 0.561. The molecule has 0 unspecified atom stereocenters. The van der Waals surface area contributed by atoms with Crippen molar-refractivity contribution in [2.24, 2.45) is 0 Å². The first-order chi connectivity index (χ1) is 10.4. The van der Waals surface area contributed by atoms with E-state index in [0.29, 0.717) is 0 Å². The minimum Gasteiger partial charge on any atom is -0.497 e. The molecule has 0 aliphatic carbocycles. The maximum absolute atomic E-state index is 5.30. The van der Waals surface area contributed by atoms with Gasteiger partial charge in [0.2, 0.25) is 0 Å². The van der Waals surface area contributed by atoms with Crippen molar-refractivity contribution in [3.8, 4) is 11.6 Å². The van der Waals surface area contributed by atoms with Gasteiger partial charge in [0.05, 0.1) is 12.6 Å². The summed E-state index contributed by atoms with van der Waals surface area (Å²) in [5.41, 5.74) is 1.99. The number of nitrogens with zero attached hydrogens (tertiary/aromatic N) is 3. The Balaban J connectivity index is 2.14. The first kappa shape index (κ1) is 11.9. The molecule has 0 fully saturated rings. The third-order valence-electron chi connectivity index (χ3n) is 3.62. The SMILES string of the molecule is COc1ccnc(-n2c3ccccc3c3cccnc32)c1. The number of ether oxygens (including phenoxy) is 1. The zero-order valence-corrected chi connectivity index (χ0v) is 11.5. The maximum Gasteiger partial charge on any atom is 0.146 e. The fraction of sp³-hybridized carbons (Fsp3) is 0.0588. The van der Waals surface area contributed by atoms with Crippen LogP contribution in [-0.4, -0.2) is 21.6 Å². The van der Waals surface area contributed by atoms with Crippen molar-refractivity contribution in [3.05, 3.63) is 60.9 Å². The van der Waals surface area contributed by atoms with Gasteiger partial charge in [0.15, 0.2) is 0 Å². The van der Waals surface area contributed by atoms with E-state index < -0.39 is 0 Å². The molecule has 0 N–H and O–H groups in total. The van der Waals surface area contributed by atoms with Gasteiger partial charge < -0.3 is 4.74 Å². The molecular weight excluding hydrogens is 262 g/mol. The van der Waals surface area contributed by atoms with Crippen molar-refractivity contribution in [3.63, 3.8) is 0 Å². The molecule has 0 aliphatic rings. The lowest BCUT2D eigenvalue weighted by Gasteiger charge is -2.07. The average molecular weight is 275 g/mol. The number of aromatic nitrogens is 3. The second-order valence-corrected chi connectivity index (χ2v) is 4.78. The fourth-order valence-electron chi connectivity index (χ4n) is 2.68. The molecule has 4 heteroatoms. The molecule has 0 saturated heterocycles. The maximum atomic E-state index is 5.30. The molecule has 1 aromatic carbocycles. The van der Waals surface area contributed by atoms with Crippen LogP contribution in [0.2, 0.25) is 0 Å². The van der Waals surface area contributed by atoms with Crippen LogP contribution >= 0.6 is 0 Å². The van der Waals surface area contributed by atoms with Gasteiger partial charge in [-0.05, 0) is 24.3 Å². The van der Waals surface area contributed by atoms with E-state index in [1.54, 1.807) is 19.5 Å². The number of methoxy groups -OCH3 is 1. The average Bonchev–Trinajstić information content (AvgIpc) is 2.89. The van der Waals surface area contributed by atoms with Gasteiger partial charge in [0, 0.05) is 29.2 Å². The first-order valence-electron chi connectivity index (χ1n) is 6.73. The summed E-state index contributed by atoms with van der Waals surface area (Å²) >= 11 is 0. The molecule has 4 nitrogen and oxygen atoms in total. The Bertz CT molecular complexity index is 890. The van der Waals surface area contributed by atoms with E-state index in [1.807, 2.05) is 30.3 Å². The number of pyridine rings is 2. The van der Waals surface area contributed by atoms with Crippen LogP contribution in [0.3, 0.4) is 0 Å². The summed E-state index contributed by atoms with van der Waals surface area (Å²) in [4.78, 5) is 9.01. The normalized spacial score (nSPS) is 11.1. The summed E-state index contributed by atoms with van der Waals surface area (Å²) < 4.78 is 7.37. The van der Waals surface area contributed by atoms with E-state index >= 15 is 0 Å². The lowest BCUT2D eigenvalue weighted by Crippen LogP contribution is -1.98. The number of benzene rings is 1. The van der Waals surface area contributed by atoms with Crippen molar-refractivity contribution in [2.45, 2.75) is 0 Å². The molecule has 4 rings (SSSR count). The highest BCUT2D eigenvalue weighted by Gasteiger charge is 2.13. The number of hydrogen-bond acceptors (Lipinski definition) is 3. The number of para-hydroxylation sites is 1. The van der Waals surface area contributed by atoms with Gasteiger partial charge >= 0.3 is 0 Å². The van der Waals surface area contributed by atoms with E-state index in [4.69, 9.17) is 4.74 Å².